The molecule has 0 atom stereocenters. The van der Waals surface area contributed by atoms with Crippen LogP contribution in [-0.2, 0) is 14.4 Å². The summed E-state index contributed by atoms with van der Waals surface area (Å²) in [6.07, 6.45) is 1.40. The number of amides is 5. The molecular weight excluding hydrogens is 515 g/mol. The molecule has 9 nitrogen and oxygen atoms in total. The van der Waals surface area contributed by atoms with E-state index in [2.05, 4.69) is 16.0 Å². The number of urea groups is 1. The predicted molar refractivity (Wildman–Crippen MR) is 140 cm³/mol. The van der Waals surface area contributed by atoms with Gasteiger partial charge in [-0.15, -0.1) is 0 Å². The summed E-state index contributed by atoms with van der Waals surface area (Å²) >= 11 is 6.25. The molecule has 3 N–H and O–H groups in total. The number of anilines is 2. The highest BCUT2D eigenvalue weighted by Gasteiger charge is 2.35. The van der Waals surface area contributed by atoms with Crippen LogP contribution in [0.25, 0.3) is 6.08 Å². The van der Waals surface area contributed by atoms with Crippen molar-refractivity contribution >= 4 is 52.8 Å². The number of ether oxygens (including phenoxy) is 1. The van der Waals surface area contributed by atoms with Gasteiger partial charge in [-0.1, -0.05) is 48.0 Å². The van der Waals surface area contributed by atoms with Crippen molar-refractivity contribution in [1.82, 2.24) is 10.2 Å². The number of hydrogen-bond donors (Lipinski definition) is 3. The minimum atomic E-state index is -0.729. The standard InChI is InChI=1S/C27H22ClFN4O5/c1-16-6-2-4-8-20(16)30-24(34)14-33-26(36)22(32-27(33)37)13-17-10-11-23(18(28)12-17)38-15-25(35)31-21-9-5-3-7-19(21)29/h2-13H,14-15H2,1H3,(H,30,34)(H,31,35)(H,32,37)/b22-13-. The van der Waals surface area contributed by atoms with Gasteiger partial charge in [-0.05, 0) is 54.5 Å². The second-order valence-electron chi connectivity index (χ2n) is 8.25. The third-order valence-corrected chi connectivity index (χ3v) is 5.75. The van der Waals surface area contributed by atoms with Gasteiger partial charge in [-0.2, -0.15) is 0 Å². The maximum atomic E-state index is 13.7. The molecule has 3 aromatic rings. The summed E-state index contributed by atoms with van der Waals surface area (Å²) < 4.78 is 19.1. The van der Waals surface area contributed by atoms with Crippen LogP contribution in [0.2, 0.25) is 5.02 Å². The molecule has 0 aliphatic carbocycles. The molecule has 0 bridgehead atoms. The van der Waals surface area contributed by atoms with Gasteiger partial charge in [-0.3, -0.25) is 14.4 Å². The number of aryl methyl sites for hydroxylation is 1. The second kappa shape index (κ2) is 11.6. The van der Waals surface area contributed by atoms with Crippen LogP contribution in [0.5, 0.6) is 5.75 Å². The fourth-order valence-electron chi connectivity index (χ4n) is 3.54. The largest absolute Gasteiger partial charge is 0.482 e. The monoisotopic (exact) mass is 536 g/mol. The van der Waals surface area contributed by atoms with Crippen LogP contribution in [0.3, 0.4) is 0 Å². The van der Waals surface area contributed by atoms with Crippen LogP contribution in [0.15, 0.2) is 72.4 Å². The maximum Gasteiger partial charge on any atom is 0.329 e. The molecule has 194 valence electrons. The van der Waals surface area contributed by atoms with Crippen molar-refractivity contribution in [1.29, 1.82) is 0 Å². The molecule has 0 spiro atoms. The van der Waals surface area contributed by atoms with Crippen LogP contribution in [0.4, 0.5) is 20.6 Å². The Balaban J connectivity index is 1.36. The van der Waals surface area contributed by atoms with Crippen LogP contribution in [0, 0.1) is 12.7 Å². The number of hydrogen-bond acceptors (Lipinski definition) is 5. The van der Waals surface area contributed by atoms with Crippen molar-refractivity contribution in [3.05, 3.63) is 94.4 Å². The Kier molecular flexibility index (Phi) is 8.03. The Bertz CT molecular complexity index is 1460. The molecule has 38 heavy (non-hydrogen) atoms. The van der Waals surface area contributed by atoms with Gasteiger partial charge in [0, 0.05) is 5.69 Å². The molecule has 1 fully saturated rings. The van der Waals surface area contributed by atoms with E-state index in [9.17, 15) is 23.6 Å². The number of benzene rings is 3. The molecule has 0 unspecified atom stereocenters. The molecule has 5 amide bonds. The van der Waals surface area contributed by atoms with E-state index in [1.165, 1.54) is 36.4 Å². The van der Waals surface area contributed by atoms with Gasteiger partial charge in [0.1, 0.15) is 23.8 Å². The minimum absolute atomic E-state index is 0.0270. The van der Waals surface area contributed by atoms with Gasteiger partial charge in [-0.25, -0.2) is 14.1 Å². The van der Waals surface area contributed by atoms with Gasteiger partial charge in [0.05, 0.1) is 10.7 Å². The lowest BCUT2D eigenvalue weighted by Gasteiger charge is -2.13. The zero-order valence-electron chi connectivity index (χ0n) is 20.1. The summed E-state index contributed by atoms with van der Waals surface area (Å²) in [6.45, 7) is 0.952. The summed E-state index contributed by atoms with van der Waals surface area (Å²) in [7, 11) is 0. The van der Waals surface area contributed by atoms with Crippen LogP contribution >= 0.6 is 11.6 Å². The lowest BCUT2D eigenvalue weighted by atomic mass is 10.2. The number of carbonyl (C=O) groups excluding carboxylic acids is 4. The van der Waals surface area contributed by atoms with Crippen LogP contribution in [-0.4, -0.2) is 41.8 Å². The fourth-order valence-corrected chi connectivity index (χ4v) is 3.79. The van der Waals surface area contributed by atoms with Gasteiger partial charge in [0.2, 0.25) is 5.91 Å². The Morgan fingerprint density at radius 1 is 1.00 bits per heavy atom. The minimum Gasteiger partial charge on any atom is -0.482 e. The van der Waals surface area contributed by atoms with Crippen LogP contribution in [0.1, 0.15) is 11.1 Å². The van der Waals surface area contributed by atoms with Gasteiger partial charge >= 0.3 is 6.03 Å². The predicted octanol–water partition coefficient (Wildman–Crippen LogP) is 4.34. The first-order valence-corrected chi connectivity index (χ1v) is 11.8. The van der Waals surface area contributed by atoms with E-state index in [1.54, 1.807) is 24.3 Å². The Labute approximate surface area is 222 Å². The molecule has 11 heteroatoms. The van der Waals surface area contributed by atoms with Gasteiger partial charge < -0.3 is 20.7 Å². The van der Waals surface area contributed by atoms with Gasteiger partial charge in [0.15, 0.2) is 6.61 Å². The second-order valence-corrected chi connectivity index (χ2v) is 8.66. The molecule has 0 saturated carbocycles. The number of halogens is 2. The van der Waals surface area contributed by atoms with E-state index in [1.807, 2.05) is 19.1 Å². The highest BCUT2D eigenvalue weighted by atomic mass is 35.5. The summed E-state index contributed by atoms with van der Waals surface area (Å²) in [4.78, 5) is 50.3. The third-order valence-electron chi connectivity index (χ3n) is 5.46. The zero-order valence-corrected chi connectivity index (χ0v) is 20.8. The highest BCUT2D eigenvalue weighted by Crippen LogP contribution is 2.27. The maximum absolute atomic E-state index is 13.7. The molecule has 3 aromatic carbocycles. The quantitative estimate of drug-likeness (QED) is 0.292. The van der Waals surface area contributed by atoms with Crippen molar-refractivity contribution in [2.24, 2.45) is 0 Å². The summed E-state index contributed by atoms with van der Waals surface area (Å²) in [5.41, 5.74) is 1.88. The normalized spacial score (nSPS) is 13.9. The Morgan fingerprint density at radius 2 is 1.68 bits per heavy atom. The van der Waals surface area contributed by atoms with Crippen molar-refractivity contribution in [2.75, 3.05) is 23.8 Å². The lowest BCUT2D eigenvalue weighted by molar-refractivity contribution is -0.127. The molecule has 1 aliphatic rings. The number of rotatable bonds is 8. The first-order chi connectivity index (χ1) is 18.2. The van der Waals surface area contributed by atoms with Crippen LogP contribution < -0.4 is 20.7 Å². The van der Waals surface area contributed by atoms with Crippen molar-refractivity contribution in [2.45, 2.75) is 6.92 Å². The number of imide groups is 1. The van der Waals surface area contributed by atoms with E-state index in [0.717, 1.165) is 10.5 Å². The topological polar surface area (TPSA) is 117 Å². The molecule has 1 saturated heterocycles. The zero-order chi connectivity index (χ0) is 27.2. The van der Waals surface area contributed by atoms with Crippen molar-refractivity contribution in [3.8, 4) is 5.75 Å². The first-order valence-electron chi connectivity index (χ1n) is 11.4. The van der Waals surface area contributed by atoms with Crippen molar-refractivity contribution < 1.29 is 28.3 Å². The Morgan fingerprint density at radius 3 is 2.39 bits per heavy atom. The third kappa shape index (κ3) is 6.34. The molecule has 1 aliphatic heterocycles. The number of nitrogens with zero attached hydrogens (tertiary/aromatic N) is 1. The van der Waals surface area contributed by atoms with E-state index in [-0.39, 0.29) is 22.2 Å². The Hall–Kier alpha value is -4.70. The molecular formula is C27H22ClFN4O5. The van der Waals surface area contributed by atoms with E-state index in [0.29, 0.717) is 11.3 Å². The molecule has 4 rings (SSSR count). The SMILES string of the molecule is Cc1ccccc1NC(=O)CN1C(=O)N/C(=C\c2ccc(OCC(=O)Nc3ccccc3F)c(Cl)c2)C1=O. The summed E-state index contributed by atoms with van der Waals surface area (Å²) in [5, 5.41) is 7.67. The fraction of sp³-hybridized carbons (Fsp3) is 0.111. The van der Waals surface area contributed by atoms with E-state index < -0.39 is 42.7 Å². The van der Waals surface area contributed by atoms with Gasteiger partial charge in [0.25, 0.3) is 11.8 Å². The van der Waals surface area contributed by atoms with E-state index >= 15 is 0 Å². The number of carbonyl (C=O) groups is 4. The average Bonchev–Trinajstić information content (AvgIpc) is 3.13. The average molecular weight is 537 g/mol. The first kappa shape index (κ1) is 26.4. The smallest absolute Gasteiger partial charge is 0.329 e. The summed E-state index contributed by atoms with van der Waals surface area (Å²) in [6, 6.07) is 16.7. The number of nitrogens with one attached hydrogen (secondary N) is 3. The molecule has 0 aromatic heterocycles. The summed E-state index contributed by atoms with van der Waals surface area (Å²) in [5.74, 6) is -2.16. The van der Waals surface area contributed by atoms with Crippen molar-refractivity contribution in [3.63, 3.8) is 0 Å². The lowest BCUT2D eigenvalue weighted by Crippen LogP contribution is -2.38. The number of para-hydroxylation sites is 2. The highest BCUT2D eigenvalue weighted by molar-refractivity contribution is 6.32. The molecule has 0 radical (unpaired) electrons. The van der Waals surface area contributed by atoms with E-state index in [4.69, 9.17) is 16.3 Å². The molecule has 1 heterocycles.